The zero-order valence-corrected chi connectivity index (χ0v) is 14.5. The monoisotopic (exact) mass is 354 g/mol. The molecule has 0 atom stereocenters. The third-order valence-electron chi connectivity index (χ3n) is 4.72. The van der Waals surface area contributed by atoms with Gasteiger partial charge in [-0.15, -0.1) is 0 Å². The van der Waals surface area contributed by atoms with Gasteiger partial charge in [0.2, 0.25) is 0 Å². The van der Waals surface area contributed by atoms with Gasteiger partial charge in [-0.25, -0.2) is 9.37 Å². The third-order valence-corrected chi connectivity index (χ3v) is 5.08. The minimum atomic E-state index is -0.246. The molecule has 1 aliphatic rings. The van der Waals surface area contributed by atoms with Crippen LogP contribution in [-0.2, 0) is 0 Å². The highest BCUT2D eigenvalue weighted by Gasteiger charge is 2.23. The van der Waals surface area contributed by atoms with Gasteiger partial charge in [-0.05, 0) is 61.5 Å². The molecule has 0 aliphatic carbocycles. The highest BCUT2D eigenvalue weighted by molar-refractivity contribution is 7.80. The fourth-order valence-electron chi connectivity index (χ4n) is 3.35. The lowest BCUT2D eigenvalue weighted by molar-refractivity contribution is 0.272. The number of benzene rings is 2. The van der Waals surface area contributed by atoms with Crippen molar-refractivity contribution in [1.29, 1.82) is 0 Å². The Labute approximate surface area is 151 Å². The van der Waals surface area contributed by atoms with Crippen LogP contribution in [0.4, 0.5) is 10.1 Å². The Morgan fingerprint density at radius 2 is 1.80 bits per heavy atom. The first-order valence-corrected chi connectivity index (χ1v) is 8.84. The summed E-state index contributed by atoms with van der Waals surface area (Å²) in [6.45, 7) is 1.79. The molecule has 1 fully saturated rings. The van der Waals surface area contributed by atoms with Gasteiger partial charge in [0.25, 0.3) is 0 Å². The van der Waals surface area contributed by atoms with Gasteiger partial charge in [-0.1, -0.05) is 12.1 Å². The SMILES string of the molecule is Fc1ccc(NC(=S)N2CCC(n3cnc4ccccc43)CC2)cc1. The second kappa shape index (κ2) is 6.80. The standard InChI is InChI=1S/C19H19FN4S/c20-14-5-7-15(8-6-14)22-19(25)23-11-9-16(10-12-23)24-13-21-17-3-1-2-4-18(17)24/h1-8,13,16H,9-12H2,(H,22,25). The summed E-state index contributed by atoms with van der Waals surface area (Å²) in [5.74, 6) is -0.246. The minimum Gasteiger partial charge on any atom is -0.349 e. The van der Waals surface area contributed by atoms with Crippen molar-refractivity contribution < 1.29 is 4.39 Å². The molecule has 1 aliphatic heterocycles. The molecule has 3 aromatic rings. The van der Waals surface area contributed by atoms with Crippen molar-refractivity contribution in [1.82, 2.24) is 14.5 Å². The highest BCUT2D eigenvalue weighted by atomic mass is 32.1. The average Bonchev–Trinajstić information content (AvgIpc) is 3.08. The number of rotatable bonds is 2. The van der Waals surface area contributed by atoms with E-state index in [1.165, 1.54) is 17.6 Å². The zero-order chi connectivity index (χ0) is 17.2. The second-order valence-electron chi connectivity index (χ2n) is 6.30. The number of fused-ring (bicyclic) bond motifs is 1. The molecule has 0 saturated carbocycles. The van der Waals surface area contributed by atoms with Gasteiger partial charge in [0.05, 0.1) is 17.4 Å². The second-order valence-corrected chi connectivity index (χ2v) is 6.68. The van der Waals surface area contributed by atoms with Gasteiger partial charge in [0, 0.05) is 24.8 Å². The number of hydrogen-bond donors (Lipinski definition) is 1. The molecule has 0 radical (unpaired) electrons. The van der Waals surface area contributed by atoms with E-state index in [-0.39, 0.29) is 5.82 Å². The summed E-state index contributed by atoms with van der Waals surface area (Å²) in [4.78, 5) is 6.67. The molecule has 0 amide bonds. The maximum Gasteiger partial charge on any atom is 0.173 e. The van der Waals surface area contributed by atoms with Crippen LogP contribution >= 0.6 is 12.2 Å². The first-order chi connectivity index (χ1) is 12.2. The van der Waals surface area contributed by atoms with Crippen LogP contribution in [0.1, 0.15) is 18.9 Å². The number of likely N-dealkylation sites (tertiary alicyclic amines) is 1. The predicted molar refractivity (Wildman–Crippen MR) is 102 cm³/mol. The van der Waals surface area contributed by atoms with Crippen LogP contribution in [-0.4, -0.2) is 32.7 Å². The average molecular weight is 354 g/mol. The Hall–Kier alpha value is -2.47. The van der Waals surface area contributed by atoms with Crippen molar-refractivity contribution >= 4 is 34.1 Å². The number of nitrogens with zero attached hydrogens (tertiary/aromatic N) is 3. The molecule has 2 aromatic carbocycles. The van der Waals surface area contributed by atoms with E-state index in [1.54, 1.807) is 12.1 Å². The molecule has 25 heavy (non-hydrogen) atoms. The Morgan fingerprint density at radius 3 is 2.56 bits per heavy atom. The number of piperidine rings is 1. The Bertz CT molecular complexity index is 882. The fraction of sp³-hybridized carbons (Fsp3) is 0.263. The number of thiocarbonyl (C=S) groups is 1. The number of para-hydroxylation sites is 2. The molecular formula is C19H19FN4S. The van der Waals surface area contributed by atoms with Gasteiger partial charge >= 0.3 is 0 Å². The van der Waals surface area contributed by atoms with Crippen molar-refractivity contribution in [3.63, 3.8) is 0 Å². The van der Waals surface area contributed by atoms with Gasteiger partial charge in [-0.2, -0.15) is 0 Å². The van der Waals surface area contributed by atoms with Gasteiger partial charge in [0.1, 0.15) is 5.82 Å². The summed E-state index contributed by atoms with van der Waals surface area (Å²) in [7, 11) is 0. The summed E-state index contributed by atoms with van der Waals surface area (Å²) in [5, 5.41) is 3.88. The van der Waals surface area contributed by atoms with Crippen LogP contribution in [0.25, 0.3) is 11.0 Å². The third kappa shape index (κ3) is 3.35. The molecule has 1 aromatic heterocycles. The first-order valence-electron chi connectivity index (χ1n) is 8.44. The van der Waals surface area contributed by atoms with E-state index in [1.807, 2.05) is 18.5 Å². The molecule has 0 spiro atoms. The summed E-state index contributed by atoms with van der Waals surface area (Å²) in [6.07, 6.45) is 3.98. The van der Waals surface area contributed by atoms with Gasteiger partial charge in [0.15, 0.2) is 5.11 Å². The smallest absolute Gasteiger partial charge is 0.173 e. The van der Waals surface area contributed by atoms with Gasteiger partial charge < -0.3 is 14.8 Å². The summed E-state index contributed by atoms with van der Waals surface area (Å²) in [5.41, 5.74) is 3.04. The van der Waals surface area contributed by atoms with Crippen molar-refractivity contribution in [3.8, 4) is 0 Å². The molecule has 4 nitrogen and oxygen atoms in total. The molecule has 6 heteroatoms. The van der Waals surface area contributed by atoms with Crippen molar-refractivity contribution in [2.45, 2.75) is 18.9 Å². The molecule has 4 rings (SSSR count). The quantitative estimate of drug-likeness (QED) is 0.699. The molecule has 1 N–H and O–H groups in total. The van der Waals surface area contributed by atoms with E-state index < -0.39 is 0 Å². The number of hydrogen-bond acceptors (Lipinski definition) is 2. The van der Waals surface area contributed by atoms with Gasteiger partial charge in [-0.3, -0.25) is 0 Å². The lowest BCUT2D eigenvalue weighted by Gasteiger charge is -2.34. The number of nitrogens with one attached hydrogen (secondary N) is 1. The largest absolute Gasteiger partial charge is 0.349 e. The van der Waals surface area contributed by atoms with Crippen LogP contribution in [0.2, 0.25) is 0 Å². The van der Waals surface area contributed by atoms with E-state index in [0.717, 1.165) is 37.1 Å². The molecule has 1 saturated heterocycles. The molecule has 0 unspecified atom stereocenters. The van der Waals surface area contributed by atoms with Crippen molar-refractivity contribution in [2.75, 3.05) is 18.4 Å². The van der Waals surface area contributed by atoms with Crippen LogP contribution in [0, 0.1) is 5.82 Å². The van der Waals surface area contributed by atoms with E-state index in [0.29, 0.717) is 11.2 Å². The number of aromatic nitrogens is 2. The lowest BCUT2D eigenvalue weighted by atomic mass is 10.0. The number of halogens is 1. The molecule has 0 bridgehead atoms. The molecule has 2 heterocycles. The van der Waals surface area contributed by atoms with Crippen molar-refractivity contribution in [2.24, 2.45) is 0 Å². The summed E-state index contributed by atoms with van der Waals surface area (Å²) in [6, 6.07) is 14.9. The highest BCUT2D eigenvalue weighted by Crippen LogP contribution is 2.26. The van der Waals surface area contributed by atoms with E-state index in [9.17, 15) is 4.39 Å². The van der Waals surface area contributed by atoms with Crippen LogP contribution < -0.4 is 5.32 Å². The fourth-order valence-corrected chi connectivity index (χ4v) is 3.65. The maximum absolute atomic E-state index is 13.0. The lowest BCUT2D eigenvalue weighted by Crippen LogP contribution is -2.41. The maximum atomic E-state index is 13.0. The predicted octanol–water partition coefficient (Wildman–Crippen LogP) is 4.21. The van der Waals surface area contributed by atoms with E-state index >= 15 is 0 Å². The Morgan fingerprint density at radius 1 is 1.08 bits per heavy atom. The first kappa shape index (κ1) is 16.0. The normalized spacial score (nSPS) is 15.5. The topological polar surface area (TPSA) is 33.1 Å². The molecule has 128 valence electrons. The van der Waals surface area contributed by atoms with Crippen LogP contribution in [0.5, 0.6) is 0 Å². The number of imidazole rings is 1. The number of anilines is 1. The van der Waals surface area contributed by atoms with E-state index in [2.05, 4.69) is 31.9 Å². The Kier molecular flexibility index (Phi) is 4.36. The van der Waals surface area contributed by atoms with Crippen LogP contribution in [0.15, 0.2) is 54.9 Å². The van der Waals surface area contributed by atoms with Crippen molar-refractivity contribution in [3.05, 3.63) is 60.7 Å². The Balaban J connectivity index is 1.39. The summed E-state index contributed by atoms with van der Waals surface area (Å²) >= 11 is 5.51. The zero-order valence-electron chi connectivity index (χ0n) is 13.7. The summed E-state index contributed by atoms with van der Waals surface area (Å²) < 4.78 is 15.3. The minimum absolute atomic E-state index is 0.246. The molecular weight excluding hydrogens is 335 g/mol. The van der Waals surface area contributed by atoms with E-state index in [4.69, 9.17) is 12.2 Å². The van der Waals surface area contributed by atoms with Crippen LogP contribution in [0.3, 0.4) is 0 Å².